The molecule has 1 aromatic heterocycles. The van der Waals surface area contributed by atoms with Gasteiger partial charge in [0.1, 0.15) is 0 Å². The van der Waals surface area contributed by atoms with Crippen LogP contribution < -0.4 is 4.90 Å². The molecule has 0 radical (unpaired) electrons. The number of hydrogen-bond donors (Lipinski definition) is 0. The van der Waals surface area contributed by atoms with Crippen LogP contribution in [0.3, 0.4) is 0 Å². The number of hydrogen-bond acceptors (Lipinski definition) is 2. The zero-order valence-electron chi connectivity index (χ0n) is 10.7. The van der Waals surface area contributed by atoms with Gasteiger partial charge in [-0.15, -0.1) is 0 Å². The van der Waals surface area contributed by atoms with Crippen LogP contribution in [0.25, 0.3) is 0 Å². The van der Waals surface area contributed by atoms with Crippen molar-refractivity contribution in [3.05, 3.63) is 11.9 Å². The van der Waals surface area contributed by atoms with Gasteiger partial charge in [0.05, 0.1) is 6.20 Å². The van der Waals surface area contributed by atoms with Crippen LogP contribution in [0.5, 0.6) is 0 Å². The van der Waals surface area contributed by atoms with Gasteiger partial charge in [-0.2, -0.15) is 0 Å². The Kier molecular flexibility index (Phi) is 3.52. The first-order valence-corrected chi connectivity index (χ1v) is 6.51. The second-order valence-corrected chi connectivity index (χ2v) is 4.80. The first-order chi connectivity index (χ1) is 7.76. The van der Waals surface area contributed by atoms with Crippen molar-refractivity contribution < 1.29 is 0 Å². The average molecular weight is 221 g/mol. The van der Waals surface area contributed by atoms with Crippen molar-refractivity contribution in [3.63, 3.8) is 0 Å². The fourth-order valence-electron chi connectivity index (χ4n) is 2.60. The van der Waals surface area contributed by atoms with E-state index in [2.05, 4.69) is 35.3 Å². The molecule has 0 N–H and O–H groups in total. The molecule has 1 aliphatic rings. The van der Waals surface area contributed by atoms with Gasteiger partial charge in [-0.3, -0.25) is 0 Å². The molecule has 3 heteroatoms. The SMILES string of the molecule is CCc1cnc(N2CCC(CC)CC2)n1C. The molecule has 2 rings (SSSR count). The van der Waals surface area contributed by atoms with Crippen LogP contribution in [-0.2, 0) is 13.5 Å². The summed E-state index contributed by atoms with van der Waals surface area (Å²) >= 11 is 0. The van der Waals surface area contributed by atoms with Crippen molar-refractivity contribution in [3.8, 4) is 0 Å². The number of piperidine rings is 1. The smallest absolute Gasteiger partial charge is 0.205 e. The molecule has 0 atom stereocenters. The van der Waals surface area contributed by atoms with Crippen LogP contribution in [0.4, 0.5) is 5.95 Å². The molecule has 0 saturated carbocycles. The van der Waals surface area contributed by atoms with Gasteiger partial charge >= 0.3 is 0 Å². The third-order valence-electron chi connectivity index (χ3n) is 3.90. The van der Waals surface area contributed by atoms with Crippen molar-refractivity contribution in [1.29, 1.82) is 0 Å². The Bertz CT molecular complexity index is 335. The number of rotatable bonds is 3. The zero-order valence-corrected chi connectivity index (χ0v) is 10.7. The Labute approximate surface area is 98.5 Å². The molecule has 1 aliphatic heterocycles. The van der Waals surface area contributed by atoms with Crippen molar-refractivity contribution >= 4 is 5.95 Å². The molecule has 0 bridgehead atoms. The van der Waals surface area contributed by atoms with Crippen molar-refractivity contribution in [2.24, 2.45) is 13.0 Å². The highest BCUT2D eigenvalue weighted by Crippen LogP contribution is 2.24. The predicted octanol–water partition coefficient (Wildman–Crippen LogP) is 2.61. The zero-order chi connectivity index (χ0) is 11.5. The summed E-state index contributed by atoms with van der Waals surface area (Å²) in [4.78, 5) is 6.99. The number of imidazole rings is 1. The predicted molar refractivity (Wildman–Crippen MR) is 67.8 cm³/mol. The minimum absolute atomic E-state index is 0.933. The maximum absolute atomic E-state index is 4.55. The second-order valence-electron chi connectivity index (χ2n) is 4.80. The molecule has 0 aromatic carbocycles. The van der Waals surface area contributed by atoms with Crippen molar-refractivity contribution in [1.82, 2.24) is 9.55 Å². The van der Waals surface area contributed by atoms with Gasteiger partial charge in [0.2, 0.25) is 5.95 Å². The molecule has 90 valence electrons. The molecule has 0 aliphatic carbocycles. The fourth-order valence-corrected chi connectivity index (χ4v) is 2.60. The van der Waals surface area contributed by atoms with Crippen LogP contribution in [0, 0.1) is 5.92 Å². The van der Waals surface area contributed by atoms with Crippen LogP contribution >= 0.6 is 0 Å². The number of nitrogens with zero attached hydrogens (tertiary/aromatic N) is 3. The van der Waals surface area contributed by atoms with Crippen molar-refractivity contribution in [2.45, 2.75) is 39.5 Å². The van der Waals surface area contributed by atoms with Gasteiger partial charge in [0, 0.05) is 25.8 Å². The quantitative estimate of drug-likeness (QED) is 0.782. The third kappa shape index (κ3) is 2.08. The van der Waals surface area contributed by atoms with E-state index >= 15 is 0 Å². The molecule has 0 amide bonds. The molecule has 1 aromatic rings. The van der Waals surface area contributed by atoms with Crippen LogP contribution in [0.15, 0.2) is 6.20 Å². The minimum atomic E-state index is 0.933. The Balaban J connectivity index is 2.05. The molecule has 1 saturated heterocycles. The van der Waals surface area contributed by atoms with Gasteiger partial charge < -0.3 is 9.47 Å². The molecular weight excluding hydrogens is 198 g/mol. The van der Waals surface area contributed by atoms with E-state index in [4.69, 9.17) is 0 Å². The van der Waals surface area contributed by atoms with E-state index in [0.29, 0.717) is 0 Å². The standard InChI is InChI=1S/C13H23N3/c1-4-11-6-8-16(9-7-11)13-14-10-12(5-2)15(13)3/h10-11H,4-9H2,1-3H3. The Morgan fingerprint density at radius 1 is 1.31 bits per heavy atom. The number of aromatic nitrogens is 2. The Hall–Kier alpha value is -0.990. The lowest BCUT2D eigenvalue weighted by Gasteiger charge is -2.32. The van der Waals surface area contributed by atoms with E-state index in [1.165, 1.54) is 38.0 Å². The fraction of sp³-hybridized carbons (Fsp3) is 0.769. The van der Waals surface area contributed by atoms with Crippen LogP contribution in [-0.4, -0.2) is 22.6 Å². The lowest BCUT2D eigenvalue weighted by Crippen LogP contribution is -2.35. The van der Waals surface area contributed by atoms with E-state index in [1.807, 2.05) is 6.20 Å². The molecule has 3 nitrogen and oxygen atoms in total. The Morgan fingerprint density at radius 2 is 2.00 bits per heavy atom. The first-order valence-electron chi connectivity index (χ1n) is 6.51. The van der Waals surface area contributed by atoms with Gasteiger partial charge in [-0.05, 0) is 25.2 Å². The molecule has 0 spiro atoms. The van der Waals surface area contributed by atoms with E-state index in [-0.39, 0.29) is 0 Å². The van der Waals surface area contributed by atoms with Crippen LogP contribution in [0.1, 0.15) is 38.8 Å². The molecule has 1 fully saturated rings. The van der Waals surface area contributed by atoms with E-state index in [0.717, 1.165) is 18.3 Å². The van der Waals surface area contributed by atoms with E-state index in [1.54, 1.807) is 0 Å². The normalized spacial score (nSPS) is 18.1. The average Bonchev–Trinajstić information content (AvgIpc) is 2.70. The summed E-state index contributed by atoms with van der Waals surface area (Å²) in [6.45, 7) is 6.83. The second kappa shape index (κ2) is 4.89. The van der Waals surface area contributed by atoms with E-state index in [9.17, 15) is 0 Å². The topological polar surface area (TPSA) is 21.1 Å². The highest BCUT2D eigenvalue weighted by atomic mass is 15.3. The molecule has 16 heavy (non-hydrogen) atoms. The first kappa shape index (κ1) is 11.5. The summed E-state index contributed by atoms with van der Waals surface area (Å²) in [5.41, 5.74) is 1.33. The summed E-state index contributed by atoms with van der Waals surface area (Å²) < 4.78 is 2.24. The summed E-state index contributed by atoms with van der Waals surface area (Å²) in [6, 6.07) is 0. The summed E-state index contributed by atoms with van der Waals surface area (Å²) in [6.07, 6.45) is 7.06. The Morgan fingerprint density at radius 3 is 2.50 bits per heavy atom. The van der Waals surface area contributed by atoms with Crippen molar-refractivity contribution in [2.75, 3.05) is 18.0 Å². The molecule has 0 unspecified atom stereocenters. The molecule has 2 heterocycles. The lowest BCUT2D eigenvalue weighted by molar-refractivity contribution is 0.390. The van der Waals surface area contributed by atoms with Crippen LogP contribution in [0.2, 0.25) is 0 Å². The summed E-state index contributed by atoms with van der Waals surface area (Å²) in [5.74, 6) is 2.09. The van der Waals surface area contributed by atoms with E-state index < -0.39 is 0 Å². The summed E-state index contributed by atoms with van der Waals surface area (Å²) in [7, 11) is 2.13. The highest BCUT2D eigenvalue weighted by Gasteiger charge is 2.20. The van der Waals surface area contributed by atoms with Gasteiger partial charge in [0.15, 0.2) is 0 Å². The van der Waals surface area contributed by atoms with Gasteiger partial charge in [-0.25, -0.2) is 4.98 Å². The number of anilines is 1. The van der Waals surface area contributed by atoms with Gasteiger partial charge in [-0.1, -0.05) is 20.3 Å². The highest BCUT2D eigenvalue weighted by molar-refractivity contribution is 5.34. The minimum Gasteiger partial charge on any atom is -0.342 e. The number of aryl methyl sites for hydroxylation is 1. The maximum Gasteiger partial charge on any atom is 0.205 e. The third-order valence-corrected chi connectivity index (χ3v) is 3.90. The molecular formula is C13H23N3. The maximum atomic E-state index is 4.55. The largest absolute Gasteiger partial charge is 0.342 e. The lowest BCUT2D eigenvalue weighted by atomic mass is 9.95. The summed E-state index contributed by atoms with van der Waals surface area (Å²) in [5, 5.41) is 0. The van der Waals surface area contributed by atoms with Gasteiger partial charge in [0.25, 0.3) is 0 Å². The monoisotopic (exact) mass is 221 g/mol.